The lowest BCUT2D eigenvalue weighted by atomic mass is 10.2. The summed E-state index contributed by atoms with van der Waals surface area (Å²) in [7, 11) is 6.81. The normalized spacial score (nSPS) is 15.6. The Morgan fingerprint density at radius 2 is 1.85 bits per heavy atom. The average Bonchev–Trinajstić information content (AvgIpc) is 2.12. The summed E-state index contributed by atoms with van der Waals surface area (Å²) in [4.78, 5) is 11.5. The molecule has 0 spiro atoms. The molecule has 5 heteroatoms. The molecular formula is C8H19N3O2. The first-order chi connectivity index (χ1) is 5.91. The summed E-state index contributed by atoms with van der Waals surface area (Å²) in [6, 6.07) is -0.241. The van der Waals surface area contributed by atoms with Gasteiger partial charge in [0.1, 0.15) is 6.10 Å². The van der Waals surface area contributed by atoms with Crippen LogP contribution in [0.1, 0.15) is 6.92 Å². The van der Waals surface area contributed by atoms with Gasteiger partial charge in [0, 0.05) is 27.2 Å². The summed E-state index contributed by atoms with van der Waals surface area (Å²) >= 11 is 0. The van der Waals surface area contributed by atoms with Gasteiger partial charge in [0.25, 0.3) is 5.91 Å². The van der Waals surface area contributed by atoms with E-state index in [2.05, 4.69) is 5.32 Å². The van der Waals surface area contributed by atoms with Gasteiger partial charge in [-0.05, 0) is 14.0 Å². The summed E-state index contributed by atoms with van der Waals surface area (Å²) in [6.45, 7) is 1.76. The Balaban J connectivity index is 4.25. The van der Waals surface area contributed by atoms with Gasteiger partial charge in [0.2, 0.25) is 0 Å². The standard InChI is InChI=1S/C8H19N3O2/c1-6(9-2)7(12)8(13)11(5)10(3)4/h6-7,9,12H,1-5H3. The van der Waals surface area contributed by atoms with Crippen molar-refractivity contribution in [3.63, 3.8) is 0 Å². The molecule has 0 radical (unpaired) electrons. The number of carbonyl (C=O) groups is 1. The molecule has 0 aliphatic heterocycles. The SMILES string of the molecule is CNC(C)C(O)C(=O)N(C)N(C)C. The Morgan fingerprint density at radius 3 is 2.15 bits per heavy atom. The number of aliphatic hydroxyl groups excluding tert-OH is 1. The van der Waals surface area contributed by atoms with Crippen LogP contribution in [0.25, 0.3) is 0 Å². The van der Waals surface area contributed by atoms with Crippen molar-refractivity contribution >= 4 is 5.91 Å². The molecule has 2 atom stereocenters. The topological polar surface area (TPSA) is 55.8 Å². The molecule has 0 aromatic rings. The number of rotatable bonds is 4. The van der Waals surface area contributed by atoms with Crippen LogP contribution in [0.2, 0.25) is 0 Å². The molecule has 0 bridgehead atoms. The molecule has 0 saturated heterocycles. The third-order valence-electron chi connectivity index (χ3n) is 2.10. The molecule has 0 aromatic heterocycles. The Morgan fingerprint density at radius 1 is 1.38 bits per heavy atom. The van der Waals surface area contributed by atoms with Gasteiger partial charge < -0.3 is 10.4 Å². The number of nitrogens with zero attached hydrogens (tertiary/aromatic N) is 2. The van der Waals surface area contributed by atoms with Crippen molar-refractivity contribution in [2.45, 2.75) is 19.1 Å². The maximum Gasteiger partial charge on any atom is 0.267 e. The first kappa shape index (κ1) is 12.3. The monoisotopic (exact) mass is 189 g/mol. The van der Waals surface area contributed by atoms with E-state index in [0.717, 1.165) is 0 Å². The van der Waals surface area contributed by atoms with Gasteiger partial charge in [-0.25, -0.2) is 5.01 Å². The van der Waals surface area contributed by atoms with Crippen LogP contribution in [0, 0.1) is 0 Å². The van der Waals surface area contributed by atoms with Crippen LogP contribution in [0.4, 0.5) is 0 Å². The van der Waals surface area contributed by atoms with Gasteiger partial charge >= 0.3 is 0 Å². The Hall–Kier alpha value is -0.650. The Bertz CT molecular complexity index is 173. The molecule has 0 aliphatic rings. The van der Waals surface area contributed by atoms with Crippen LogP contribution >= 0.6 is 0 Å². The Labute approximate surface area is 79.3 Å². The highest BCUT2D eigenvalue weighted by molar-refractivity contribution is 5.80. The van der Waals surface area contributed by atoms with E-state index in [4.69, 9.17) is 0 Å². The number of nitrogens with one attached hydrogen (secondary N) is 1. The average molecular weight is 189 g/mol. The predicted molar refractivity (Wildman–Crippen MR) is 51.0 cm³/mol. The number of amides is 1. The molecule has 5 nitrogen and oxygen atoms in total. The Kier molecular flexibility index (Phi) is 4.90. The van der Waals surface area contributed by atoms with E-state index in [1.165, 1.54) is 5.01 Å². The van der Waals surface area contributed by atoms with Crippen LogP contribution in [-0.2, 0) is 4.79 Å². The maximum atomic E-state index is 11.5. The predicted octanol–water partition coefficient (Wildman–Crippen LogP) is -1.11. The lowest BCUT2D eigenvalue weighted by molar-refractivity contribution is -0.152. The van der Waals surface area contributed by atoms with Gasteiger partial charge in [0.15, 0.2) is 0 Å². The molecule has 78 valence electrons. The van der Waals surface area contributed by atoms with Gasteiger partial charge in [-0.3, -0.25) is 9.80 Å². The first-order valence-electron chi connectivity index (χ1n) is 4.22. The van der Waals surface area contributed by atoms with E-state index in [9.17, 15) is 9.90 Å². The molecule has 0 heterocycles. The molecular weight excluding hydrogens is 170 g/mol. The van der Waals surface area contributed by atoms with Crippen molar-refractivity contribution < 1.29 is 9.90 Å². The first-order valence-corrected chi connectivity index (χ1v) is 4.22. The van der Waals surface area contributed by atoms with E-state index in [0.29, 0.717) is 0 Å². The van der Waals surface area contributed by atoms with Crippen LogP contribution in [0.15, 0.2) is 0 Å². The molecule has 0 aliphatic carbocycles. The second-order valence-electron chi connectivity index (χ2n) is 3.23. The van der Waals surface area contributed by atoms with Crippen molar-refractivity contribution in [3.05, 3.63) is 0 Å². The molecule has 0 aromatic carbocycles. The van der Waals surface area contributed by atoms with E-state index >= 15 is 0 Å². The maximum absolute atomic E-state index is 11.5. The quantitative estimate of drug-likeness (QED) is 0.551. The second-order valence-corrected chi connectivity index (χ2v) is 3.23. The van der Waals surface area contributed by atoms with Crippen molar-refractivity contribution in [3.8, 4) is 0 Å². The largest absolute Gasteiger partial charge is 0.382 e. The van der Waals surface area contributed by atoms with Gasteiger partial charge in [-0.1, -0.05) is 0 Å². The summed E-state index contributed by atoms with van der Waals surface area (Å²) in [5.41, 5.74) is 0. The molecule has 13 heavy (non-hydrogen) atoms. The molecule has 1 amide bonds. The zero-order valence-electron chi connectivity index (χ0n) is 8.90. The molecule has 2 N–H and O–H groups in total. The lowest BCUT2D eigenvalue weighted by Gasteiger charge is -2.28. The zero-order chi connectivity index (χ0) is 10.6. The third-order valence-corrected chi connectivity index (χ3v) is 2.10. The molecule has 0 fully saturated rings. The summed E-state index contributed by atoms with van der Waals surface area (Å²) < 4.78 is 0. The highest BCUT2D eigenvalue weighted by Crippen LogP contribution is 1.98. The van der Waals surface area contributed by atoms with E-state index in [1.54, 1.807) is 40.1 Å². The van der Waals surface area contributed by atoms with Crippen molar-refractivity contribution in [1.29, 1.82) is 0 Å². The number of hydrogen-bond acceptors (Lipinski definition) is 4. The van der Waals surface area contributed by atoms with Gasteiger partial charge in [-0.2, -0.15) is 0 Å². The van der Waals surface area contributed by atoms with E-state index in [1.807, 2.05) is 0 Å². The van der Waals surface area contributed by atoms with Crippen LogP contribution in [0.5, 0.6) is 0 Å². The number of hydrazine groups is 1. The minimum Gasteiger partial charge on any atom is -0.382 e. The smallest absolute Gasteiger partial charge is 0.267 e. The molecule has 2 unspecified atom stereocenters. The van der Waals surface area contributed by atoms with Gasteiger partial charge in [-0.15, -0.1) is 0 Å². The van der Waals surface area contributed by atoms with Crippen molar-refractivity contribution in [2.75, 3.05) is 28.2 Å². The summed E-state index contributed by atoms with van der Waals surface area (Å²) in [6.07, 6.45) is -1.00. The highest BCUT2D eigenvalue weighted by atomic mass is 16.3. The van der Waals surface area contributed by atoms with Crippen LogP contribution in [0.3, 0.4) is 0 Å². The van der Waals surface area contributed by atoms with Gasteiger partial charge in [0.05, 0.1) is 0 Å². The number of hydrogen-bond donors (Lipinski definition) is 2. The minimum absolute atomic E-state index is 0.241. The fraction of sp³-hybridized carbons (Fsp3) is 0.875. The third kappa shape index (κ3) is 3.30. The number of aliphatic hydroxyl groups is 1. The fourth-order valence-electron chi connectivity index (χ4n) is 0.760. The number of likely N-dealkylation sites (N-methyl/N-ethyl adjacent to an activating group) is 2. The fourth-order valence-corrected chi connectivity index (χ4v) is 0.760. The van der Waals surface area contributed by atoms with Crippen LogP contribution < -0.4 is 5.32 Å². The van der Waals surface area contributed by atoms with Crippen molar-refractivity contribution in [1.82, 2.24) is 15.3 Å². The van der Waals surface area contributed by atoms with Crippen LogP contribution in [-0.4, -0.2) is 61.4 Å². The zero-order valence-corrected chi connectivity index (χ0v) is 8.90. The molecule has 0 saturated carbocycles. The second kappa shape index (κ2) is 5.16. The van der Waals surface area contributed by atoms with Crippen molar-refractivity contribution in [2.24, 2.45) is 0 Å². The molecule has 0 rings (SSSR count). The lowest BCUT2D eigenvalue weighted by Crippen LogP contribution is -2.50. The summed E-state index contributed by atoms with van der Waals surface area (Å²) in [5, 5.41) is 15.3. The van der Waals surface area contributed by atoms with E-state index < -0.39 is 6.10 Å². The van der Waals surface area contributed by atoms with E-state index in [-0.39, 0.29) is 11.9 Å². The summed E-state index contributed by atoms with van der Waals surface area (Å²) in [5.74, 6) is -0.313. The minimum atomic E-state index is -1.00. The highest BCUT2D eigenvalue weighted by Gasteiger charge is 2.25. The number of carbonyl (C=O) groups excluding carboxylic acids is 1.